The number of carbonyl (C=O) groups is 1. The summed E-state index contributed by atoms with van der Waals surface area (Å²) < 4.78 is 0. The first kappa shape index (κ1) is 14.6. The molecule has 0 radical (unpaired) electrons. The molecule has 0 aliphatic heterocycles. The molecular weight excluding hydrogens is 270 g/mol. The van der Waals surface area contributed by atoms with Gasteiger partial charge in [-0.05, 0) is 36.1 Å². The van der Waals surface area contributed by atoms with E-state index in [0.717, 1.165) is 11.3 Å². The van der Waals surface area contributed by atoms with E-state index in [1.54, 1.807) is 6.07 Å². The number of carbonyl (C=O) groups excluding carboxylic acids is 1. The molecule has 0 aliphatic carbocycles. The summed E-state index contributed by atoms with van der Waals surface area (Å²) in [5.74, 6) is 0.197. The number of nitrogens with one attached hydrogen (secondary N) is 1. The maximum atomic E-state index is 12.1. The van der Waals surface area contributed by atoms with Crippen molar-refractivity contribution < 1.29 is 4.79 Å². The first-order valence-electron chi connectivity index (χ1n) is 6.67. The zero-order valence-electron chi connectivity index (χ0n) is 11.7. The SMILES string of the molecule is Cc1ccc(Cl)cc1NC(=O)C[C@@H](C)c1ccccc1. The standard InChI is InChI=1S/C17H18ClNO/c1-12-8-9-15(18)11-16(12)19-17(20)10-13(2)14-6-4-3-5-7-14/h3-9,11,13H,10H2,1-2H3,(H,19,20)/t13-/m1/s1. The average molecular weight is 288 g/mol. The third-order valence-electron chi connectivity index (χ3n) is 3.33. The molecule has 1 N–H and O–H groups in total. The van der Waals surface area contributed by atoms with Gasteiger partial charge in [0.15, 0.2) is 0 Å². The van der Waals surface area contributed by atoms with Crippen molar-refractivity contribution >= 4 is 23.2 Å². The molecule has 1 amide bonds. The Kier molecular flexibility index (Phi) is 4.80. The third kappa shape index (κ3) is 3.84. The Hall–Kier alpha value is -1.80. The van der Waals surface area contributed by atoms with Crippen LogP contribution in [0.4, 0.5) is 5.69 Å². The van der Waals surface area contributed by atoms with E-state index in [2.05, 4.69) is 12.2 Å². The molecule has 0 aromatic heterocycles. The summed E-state index contributed by atoms with van der Waals surface area (Å²) in [7, 11) is 0. The normalized spacial score (nSPS) is 11.9. The Labute approximate surface area is 124 Å². The van der Waals surface area contributed by atoms with Crippen LogP contribution in [0, 0.1) is 6.92 Å². The number of benzene rings is 2. The highest BCUT2D eigenvalue weighted by Crippen LogP contribution is 2.22. The van der Waals surface area contributed by atoms with Crippen LogP contribution < -0.4 is 5.32 Å². The second kappa shape index (κ2) is 6.58. The molecule has 0 aliphatic rings. The summed E-state index contributed by atoms with van der Waals surface area (Å²) in [5, 5.41) is 3.56. The summed E-state index contributed by atoms with van der Waals surface area (Å²) in [6, 6.07) is 15.5. The molecule has 0 bridgehead atoms. The van der Waals surface area contributed by atoms with E-state index in [9.17, 15) is 4.79 Å². The minimum absolute atomic E-state index is 0.00622. The number of hydrogen-bond donors (Lipinski definition) is 1. The second-order valence-electron chi connectivity index (χ2n) is 5.02. The maximum absolute atomic E-state index is 12.1. The van der Waals surface area contributed by atoms with Gasteiger partial charge in [-0.25, -0.2) is 0 Å². The predicted octanol–water partition coefficient (Wildman–Crippen LogP) is 4.78. The van der Waals surface area contributed by atoms with Crippen molar-refractivity contribution in [2.45, 2.75) is 26.2 Å². The number of amides is 1. The quantitative estimate of drug-likeness (QED) is 0.861. The van der Waals surface area contributed by atoms with Gasteiger partial charge in [-0.3, -0.25) is 4.79 Å². The molecular formula is C17H18ClNO. The monoisotopic (exact) mass is 287 g/mol. The fourth-order valence-corrected chi connectivity index (χ4v) is 2.28. The van der Waals surface area contributed by atoms with Gasteiger partial charge in [-0.2, -0.15) is 0 Å². The van der Waals surface area contributed by atoms with Gasteiger partial charge in [0.1, 0.15) is 0 Å². The molecule has 3 heteroatoms. The van der Waals surface area contributed by atoms with Crippen molar-refractivity contribution in [1.29, 1.82) is 0 Å². The zero-order valence-corrected chi connectivity index (χ0v) is 12.4. The van der Waals surface area contributed by atoms with Crippen molar-refractivity contribution in [3.05, 3.63) is 64.7 Å². The van der Waals surface area contributed by atoms with Crippen LogP contribution in [0.1, 0.15) is 30.4 Å². The Morgan fingerprint density at radius 2 is 1.90 bits per heavy atom. The molecule has 1 atom stereocenters. The molecule has 2 aromatic carbocycles. The summed E-state index contributed by atoms with van der Waals surface area (Å²) in [5.41, 5.74) is 2.96. The van der Waals surface area contributed by atoms with Crippen molar-refractivity contribution in [3.63, 3.8) is 0 Å². The summed E-state index contributed by atoms with van der Waals surface area (Å²) in [4.78, 5) is 12.1. The third-order valence-corrected chi connectivity index (χ3v) is 3.57. The van der Waals surface area contributed by atoms with Gasteiger partial charge in [-0.1, -0.05) is 54.9 Å². The van der Waals surface area contributed by atoms with E-state index in [0.29, 0.717) is 11.4 Å². The van der Waals surface area contributed by atoms with Crippen LogP contribution in [0.2, 0.25) is 5.02 Å². The number of anilines is 1. The van der Waals surface area contributed by atoms with Gasteiger partial charge >= 0.3 is 0 Å². The van der Waals surface area contributed by atoms with E-state index < -0.39 is 0 Å². The van der Waals surface area contributed by atoms with E-state index in [4.69, 9.17) is 11.6 Å². The highest BCUT2D eigenvalue weighted by molar-refractivity contribution is 6.31. The van der Waals surface area contributed by atoms with Crippen LogP contribution in [0.15, 0.2) is 48.5 Å². The summed E-state index contributed by atoms with van der Waals surface area (Å²) in [6.45, 7) is 4.01. The van der Waals surface area contributed by atoms with Crippen LogP contribution in [0.5, 0.6) is 0 Å². The fraction of sp³-hybridized carbons (Fsp3) is 0.235. The first-order valence-corrected chi connectivity index (χ1v) is 7.05. The number of hydrogen-bond acceptors (Lipinski definition) is 1. The molecule has 104 valence electrons. The number of aryl methyl sites for hydroxylation is 1. The van der Waals surface area contributed by atoms with E-state index in [1.807, 2.05) is 49.4 Å². The highest BCUT2D eigenvalue weighted by Gasteiger charge is 2.12. The molecule has 0 fully saturated rings. The Balaban J connectivity index is 2.01. The van der Waals surface area contributed by atoms with E-state index in [-0.39, 0.29) is 11.8 Å². The van der Waals surface area contributed by atoms with Crippen molar-refractivity contribution in [3.8, 4) is 0 Å². The molecule has 0 unspecified atom stereocenters. The molecule has 20 heavy (non-hydrogen) atoms. The molecule has 2 nitrogen and oxygen atoms in total. The molecule has 0 saturated carbocycles. The minimum Gasteiger partial charge on any atom is -0.326 e. The van der Waals surface area contributed by atoms with Gasteiger partial charge in [0.2, 0.25) is 5.91 Å². The number of halogens is 1. The van der Waals surface area contributed by atoms with Gasteiger partial charge in [0.05, 0.1) is 0 Å². The van der Waals surface area contributed by atoms with E-state index >= 15 is 0 Å². The highest BCUT2D eigenvalue weighted by atomic mass is 35.5. The Bertz CT molecular complexity index is 595. The Morgan fingerprint density at radius 1 is 1.20 bits per heavy atom. The maximum Gasteiger partial charge on any atom is 0.224 e. The minimum atomic E-state index is 0.00622. The Morgan fingerprint density at radius 3 is 2.60 bits per heavy atom. The summed E-state index contributed by atoms with van der Waals surface area (Å²) in [6.07, 6.45) is 0.454. The predicted molar refractivity (Wildman–Crippen MR) is 84.3 cm³/mol. The average Bonchev–Trinajstić information content (AvgIpc) is 2.43. The first-order chi connectivity index (χ1) is 9.56. The largest absolute Gasteiger partial charge is 0.326 e. The van der Waals surface area contributed by atoms with Crippen LogP contribution in [-0.4, -0.2) is 5.91 Å². The zero-order chi connectivity index (χ0) is 14.5. The van der Waals surface area contributed by atoms with Crippen LogP contribution >= 0.6 is 11.6 Å². The van der Waals surface area contributed by atoms with Crippen molar-refractivity contribution in [1.82, 2.24) is 0 Å². The molecule has 0 saturated heterocycles. The lowest BCUT2D eigenvalue weighted by atomic mass is 9.97. The van der Waals surface area contributed by atoms with Crippen molar-refractivity contribution in [2.75, 3.05) is 5.32 Å². The molecule has 0 spiro atoms. The fourth-order valence-electron chi connectivity index (χ4n) is 2.11. The van der Waals surface area contributed by atoms with Crippen LogP contribution in [-0.2, 0) is 4.79 Å². The van der Waals surface area contributed by atoms with E-state index in [1.165, 1.54) is 5.56 Å². The lowest BCUT2D eigenvalue weighted by molar-refractivity contribution is -0.116. The lowest BCUT2D eigenvalue weighted by Crippen LogP contribution is -2.15. The molecule has 2 rings (SSSR count). The van der Waals surface area contributed by atoms with Gasteiger partial charge in [-0.15, -0.1) is 0 Å². The molecule has 2 aromatic rings. The van der Waals surface area contributed by atoms with Crippen LogP contribution in [0.25, 0.3) is 0 Å². The van der Waals surface area contributed by atoms with Crippen molar-refractivity contribution in [2.24, 2.45) is 0 Å². The number of rotatable bonds is 4. The van der Waals surface area contributed by atoms with Gasteiger partial charge in [0, 0.05) is 17.1 Å². The lowest BCUT2D eigenvalue weighted by Gasteiger charge is -2.13. The smallest absolute Gasteiger partial charge is 0.224 e. The summed E-state index contributed by atoms with van der Waals surface area (Å²) >= 11 is 5.95. The van der Waals surface area contributed by atoms with Crippen LogP contribution in [0.3, 0.4) is 0 Å². The van der Waals surface area contributed by atoms with Gasteiger partial charge < -0.3 is 5.32 Å². The molecule has 0 heterocycles. The van der Waals surface area contributed by atoms with Gasteiger partial charge in [0.25, 0.3) is 0 Å². The topological polar surface area (TPSA) is 29.1 Å². The second-order valence-corrected chi connectivity index (χ2v) is 5.46.